The van der Waals surface area contributed by atoms with Gasteiger partial charge in [-0.15, -0.1) is 0 Å². The highest BCUT2D eigenvalue weighted by molar-refractivity contribution is 5.76. The fourth-order valence-corrected chi connectivity index (χ4v) is 1.05. The van der Waals surface area contributed by atoms with Gasteiger partial charge in [-0.2, -0.15) is 5.26 Å². The van der Waals surface area contributed by atoms with Gasteiger partial charge in [0.25, 0.3) is 0 Å². The second kappa shape index (κ2) is 3.21. The minimum Gasteiger partial charge on any atom is -0.356 e. The van der Waals surface area contributed by atoms with E-state index in [0.717, 1.165) is 12.8 Å². The van der Waals surface area contributed by atoms with Crippen molar-refractivity contribution in [1.82, 2.24) is 5.32 Å². The van der Waals surface area contributed by atoms with E-state index < -0.39 is 0 Å². The predicted octanol–water partition coefficient (Wildman–Crippen LogP) is 0.426. The molecule has 1 aliphatic heterocycles. The van der Waals surface area contributed by atoms with E-state index in [0.29, 0.717) is 13.0 Å². The monoisotopic (exact) mass is 138 g/mol. The Hall–Kier alpha value is -1.04. The van der Waals surface area contributed by atoms with Gasteiger partial charge in [0.2, 0.25) is 5.91 Å². The normalized spacial score (nSPS) is 26.3. The van der Waals surface area contributed by atoms with Gasteiger partial charge in [-0.3, -0.25) is 4.79 Å². The third kappa shape index (κ3) is 1.73. The Balaban J connectivity index is 2.42. The summed E-state index contributed by atoms with van der Waals surface area (Å²) in [6.45, 7) is 0.664. The highest BCUT2D eigenvalue weighted by Crippen LogP contribution is 2.11. The van der Waals surface area contributed by atoms with Crippen molar-refractivity contribution in [3.8, 4) is 6.07 Å². The fourth-order valence-electron chi connectivity index (χ4n) is 1.05. The molecular weight excluding hydrogens is 128 g/mol. The molecule has 0 aliphatic carbocycles. The quantitative estimate of drug-likeness (QED) is 0.527. The van der Waals surface area contributed by atoms with Crippen LogP contribution in [0.15, 0.2) is 0 Å². The van der Waals surface area contributed by atoms with Gasteiger partial charge in [-0.25, -0.2) is 0 Å². The summed E-state index contributed by atoms with van der Waals surface area (Å²) in [7, 11) is 0. The van der Waals surface area contributed by atoms with Crippen LogP contribution in [0.5, 0.6) is 0 Å². The van der Waals surface area contributed by atoms with E-state index >= 15 is 0 Å². The topological polar surface area (TPSA) is 52.9 Å². The molecule has 0 spiro atoms. The standard InChI is InChI=1S/C7H10N2O/c8-5-6-1-2-7(10)9-4-3-6/h6H,1-4H2,(H,9,10). The molecule has 3 heteroatoms. The minimum atomic E-state index is 0.0813. The number of nitriles is 1. The largest absolute Gasteiger partial charge is 0.356 e. The Labute approximate surface area is 60.0 Å². The maximum Gasteiger partial charge on any atom is 0.220 e. The summed E-state index contributed by atoms with van der Waals surface area (Å²) in [5, 5.41) is 11.2. The Morgan fingerprint density at radius 3 is 3.10 bits per heavy atom. The van der Waals surface area contributed by atoms with Gasteiger partial charge in [0.15, 0.2) is 0 Å². The molecule has 1 heterocycles. The molecule has 10 heavy (non-hydrogen) atoms. The van der Waals surface area contributed by atoms with Crippen molar-refractivity contribution in [2.75, 3.05) is 6.54 Å². The summed E-state index contributed by atoms with van der Waals surface area (Å²) in [5.74, 6) is 0.164. The summed E-state index contributed by atoms with van der Waals surface area (Å²) < 4.78 is 0. The lowest BCUT2D eigenvalue weighted by atomic mass is 10.0. The van der Waals surface area contributed by atoms with Crippen LogP contribution in [0.1, 0.15) is 19.3 Å². The van der Waals surface area contributed by atoms with E-state index in [1.54, 1.807) is 0 Å². The van der Waals surface area contributed by atoms with E-state index in [-0.39, 0.29) is 11.8 Å². The van der Waals surface area contributed by atoms with Crippen LogP contribution in [0.25, 0.3) is 0 Å². The summed E-state index contributed by atoms with van der Waals surface area (Å²) >= 11 is 0. The van der Waals surface area contributed by atoms with Crippen molar-refractivity contribution in [3.63, 3.8) is 0 Å². The first-order chi connectivity index (χ1) is 4.83. The van der Waals surface area contributed by atoms with Crippen molar-refractivity contribution in [2.24, 2.45) is 5.92 Å². The average Bonchev–Trinajstić information content (AvgIpc) is 2.14. The Morgan fingerprint density at radius 1 is 1.60 bits per heavy atom. The first-order valence-corrected chi connectivity index (χ1v) is 3.49. The number of rotatable bonds is 0. The zero-order chi connectivity index (χ0) is 7.40. The number of carbonyl (C=O) groups is 1. The first-order valence-electron chi connectivity index (χ1n) is 3.49. The van der Waals surface area contributed by atoms with E-state index in [9.17, 15) is 4.79 Å². The summed E-state index contributed by atoms with van der Waals surface area (Å²) in [6, 6.07) is 2.17. The van der Waals surface area contributed by atoms with E-state index in [4.69, 9.17) is 5.26 Å². The number of hydrogen-bond acceptors (Lipinski definition) is 2. The van der Waals surface area contributed by atoms with Crippen LogP contribution in [0, 0.1) is 17.2 Å². The van der Waals surface area contributed by atoms with Crippen LogP contribution in [-0.2, 0) is 4.79 Å². The maximum absolute atomic E-state index is 10.7. The minimum absolute atomic E-state index is 0.0813. The van der Waals surface area contributed by atoms with Gasteiger partial charge in [0.05, 0.1) is 6.07 Å². The van der Waals surface area contributed by atoms with Gasteiger partial charge in [0.1, 0.15) is 0 Å². The lowest BCUT2D eigenvalue weighted by molar-refractivity contribution is -0.120. The highest BCUT2D eigenvalue weighted by atomic mass is 16.1. The fraction of sp³-hybridized carbons (Fsp3) is 0.714. The Bertz CT molecular complexity index is 171. The van der Waals surface area contributed by atoms with Crippen molar-refractivity contribution in [3.05, 3.63) is 0 Å². The van der Waals surface area contributed by atoms with Crippen LogP contribution in [0.4, 0.5) is 0 Å². The highest BCUT2D eigenvalue weighted by Gasteiger charge is 2.14. The molecule has 0 bridgehead atoms. The van der Waals surface area contributed by atoms with Crippen LogP contribution in [-0.4, -0.2) is 12.5 Å². The molecule has 1 unspecified atom stereocenters. The zero-order valence-corrected chi connectivity index (χ0v) is 5.76. The molecule has 1 saturated heterocycles. The summed E-state index contributed by atoms with van der Waals surface area (Å²) in [6.07, 6.45) is 2.04. The van der Waals surface area contributed by atoms with Gasteiger partial charge >= 0.3 is 0 Å². The van der Waals surface area contributed by atoms with Crippen molar-refractivity contribution in [2.45, 2.75) is 19.3 Å². The molecule has 1 atom stereocenters. The van der Waals surface area contributed by atoms with Gasteiger partial charge in [0, 0.05) is 18.9 Å². The lowest BCUT2D eigenvalue weighted by Gasteiger charge is -1.98. The van der Waals surface area contributed by atoms with Crippen molar-refractivity contribution >= 4 is 5.91 Å². The van der Waals surface area contributed by atoms with Crippen molar-refractivity contribution < 1.29 is 4.79 Å². The molecular formula is C7H10N2O. The third-order valence-electron chi connectivity index (χ3n) is 1.72. The SMILES string of the molecule is N#CC1CCNC(=O)CC1. The molecule has 0 radical (unpaired) electrons. The molecule has 0 aromatic heterocycles. The van der Waals surface area contributed by atoms with E-state index in [1.165, 1.54) is 0 Å². The zero-order valence-electron chi connectivity index (χ0n) is 5.76. The molecule has 0 aromatic carbocycles. The van der Waals surface area contributed by atoms with Crippen molar-refractivity contribution in [1.29, 1.82) is 5.26 Å². The van der Waals surface area contributed by atoms with Crippen LogP contribution in [0.3, 0.4) is 0 Å². The Morgan fingerprint density at radius 2 is 2.40 bits per heavy atom. The number of carbonyl (C=O) groups excluding carboxylic acids is 1. The molecule has 54 valence electrons. The number of amides is 1. The summed E-state index contributed by atoms with van der Waals surface area (Å²) in [5.41, 5.74) is 0. The molecule has 1 aliphatic rings. The van der Waals surface area contributed by atoms with E-state index in [1.807, 2.05) is 0 Å². The molecule has 1 rings (SSSR count). The summed E-state index contributed by atoms with van der Waals surface area (Å²) in [4.78, 5) is 10.7. The van der Waals surface area contributed by atoms with E-state index in [2.05, 4.69) is 11.4 Å². The molecule has 0 aromatic rings. The third-order valence-corrected chi connectivity index (χ3v) is 1.72. The lowest BCUT2D eigenvalue weighted by Crippen LogP contribution is -2.21. The second-order valence-corrected chi connectivity index (χ2v) is 2.50. The number of nitrogens with one attached hydrogen (secondary N) is 1. The molecule has 1 fully saturated rings. The maximum atomic E-state index is 10.7. The van der Waals surface area contributed by atoms with Gasteiger partial charge < -0.3 is 5.32 Å². The van der Waals surface area contributed by atoms with Crippen LogP contribution < -0.4 is 5.32 Å². The van der Waals surface area contributed by atoms with Gasteiger partial charge in [-0.1, -0.05) is 0 Å². The number of hydrogen-bond donors (Lipinski definition) is 1. The molecule has 3 nitrogen and oxygen atoms in total. The number of nitrogens with zero attached hydrogens (tertiary/aromatic N) is 1. The predicted molar refractivity (Wildman–Crippen MR) is 36.0 cm³/mol. The molecule has 1 amide bonds. The average molecular weight is 138 g/mol. The Kier molecular flexibility index (Phi) is 2.27. The smallest absolute Gasteiger partial charge is 0.220 e. The molecule has 1 N–H and O–H groups in total. The molecule has 0 saturated carbocycles. The van der Waals surface area contributed by atoms with Crippen LogP contribution >= 0.6 is 0 Å². The van der Waals surface area contributed by atoms with Gasteiger partial charge in [-0.05, 0) is 12.8 Å². The second-order valence-electron chi connectivity index (χ2n) is 2.50. The first kappa shape index (κ1) is 7.07. The van der Waals surface area contributed by atoms with Crippen LogP contribution in [0.2, 0.25) is 0 Å².